The van der Waals surface area contributed by atoms with Crippen molar-refractivity contribution in [1.82, 2.24) is 19.4 Å². The van der Waals surface area contributed by atoms with Gasteiger partial charge in [-0.1, -0.05) is 18.2 Å². The van der Waals surface area contributed by atoms with Gasteiger partial charge in [-0.15, -0.1) is 0 Å². The Morgan fingerprint density at radius 1 is 1.08 bits per heavy atom. The standard InChI is InChI=1S/C19H18N4O/c24-18(22-9-8-19(12-22)6-7-19)14-10-16-17(20-11-14)23(13-21-16)15-4-2-1-3-5-15/h1-5,10-11,13H,6-9,12H2. The van der Waals surface area contributed by atoms with Crippen LogP contribution in [0, 0.1) is 5.41 Å². The summed E-state index contributed by atoms with van der Waals surface area (Å²) in [5.41, 5.74) is 3.63. The van der Waals surface area contributed by atoms with E-state index in [0.29, 0.717) is 11.0 Å². The van der Waals surface area contributed by atoms with Crippen LogP contribution in [0.5, 0.6) is 0 Å². The number of nitrogens with zero attached hydrogens (tertiary/aromatic N) is 4. The topological polar surface area (TPSA) is 51.0 Å². The summed E-state index contributed by atoms with van der Waals surface area (Å²) < 4.78 is 1.94. The number of rotatable bonds is 2. The molecule has 1 aliphatic carbocycles. The highest BCUT2D eigenvalue weighted by atomic mass is 16.2. The van der Waals surface area contributed by atoms with Gasteiger partial charge >= 0.3 is 0 Å². The summed E-state index contributed by atoms with van der Waals surface area (Å²) in [5, 5.41) is 0. The van der Waals surface area contributed by atoms with E-state index >= 15 is 0 Å². The van der Waals surface area contributed by atoms with Crippen LogP contribution in [0.2, 0.25) is 0 Å². The van der Waals surface area contributed by atoms with Gasteiger partial charge in [0.1, 0.15) is 11.8 Å². The Balaban J connectivity index is 1.47. The molecule has 0 N–H and O–H groups in total. The molecular weight excluding hydrogens is 300 g/mol. The van der Waals surface area contributed by atoms with Gasteiger partial charge in [0.2, 0.25) is 0 Å². The molecule has 1 aromatic carbocycles. The number of aromatic nitrogens is 3. The summed E-state index contributed by atoms with van der Waals surface area (Å²) in [5.74, 6) is 0.0856. The molecule has 2 aliphatic rings. The van der Waals surface area contributed by atoms with E-state index in [9.17, 15) is 4.79 Å². The van der Waals surface area contributed by atoms with E-state index in [0.717, 1.165) is 36.4 Å². The predicted octanol–water partition coefficient (Wildman–Crippen LogP) is 3.05. The van der Waals surface area contributed by atoms with Crippen molar-refractivity contribution in [3.63, 3.8) is 0 Å². The number of carbonyl (C=O) groups excluding carboxylic acids is 1. The first kappa shape index (κ1) is 13.7. The molecule has 1 aliphatic heterocycles. The summed E-state index contributed by atoms with van der Waals surface area (Å²) in [6, 6.07) is 11.8. The zero-order valence-electron chi connectivity index (χ0n) is 13.4. The molecule has 1 saturated heterocycles. The van der Waals surface area contributed by atoms with Crippen molar-refractivity contribution in [3.05, 3.63) is 54.5 Å². The zero-order valence-corrected chi connectivity index (χ0v) is 13.4. The molecule has 120 valence electrons. The first-order valence-corrected chi connectivity index (χ1v) is 8.42. The van der Waals surface area contributed by atoms with Crippen molar-refractivity contribution in [2.24, 2.45) is 5.41 Å². The molecule has 2 aromatic heterocycles. The molecule has 5 heteroatoms. The van der Waals surface area contributed by atoms with Gasteiger partial charge in [-0.2, -0.15) is 0 Å². The Kier molecular flexibility index (Phi) is 2.80. The van der Waals surface area contributed by atoms with Crippen LogP contribution in [-0.4, -0.2) is 38.4 Å². The first-order chi connectivity index (χ1) is 11.7. The average molecular weight is 318 g/mol. The summed E-state index contributed by atoms with van der Waals surface area (Å²) in [7, 11) is 0. The van der Waals surface area contributed by atoms with Crippen molar-refractivity contribution < 1.29 is 4.79 Å². The van der Waals surface area contributed by atoms with Crippen LogP contribution >= 0.6 is 0 Å². The molecule has 1 spiro atoms. The number of para-hydroxylation sites is 1. The van der Waals surface area contributed by atoms with Crippen LogP contribution in [0.1, 0.15) is 29.6 Å². The normalized spacial score (nSPS) is 18.4. The van der Waals surface area contributed by atoms with Crippen LogP contribution in [0.25, 0.3) is 16.9 Å². The molecule has 3 heterocycles. The lowest BCUT2D eigenvalue weighted by Gasteiger charge is -2.16. The van der Waals surface area contributed by atoms with Gasteiger partial charge in [-0.05, 0) is 42.9 Å². The smallest absolute Gasteiger partial charge is 0.255 e. The number of imidazole rings is 1. The molecule has 24 heavy (non-hydrogen) atoms. The summed E-state index contributed by atoms with van der Waals surface area (Å²) in [6.07, 6.45) is 7.14. The van der Waals surface area contributed by atoms with Gasteiger partial charge in [0.15, 0.2) is 5.65 Å². The lowest BCUT2D eigenvalue weighted by atomic mass is 10.1. The highest BCUT2D eigenvalue weighted by Crippen LogP contribution is 2.52. The second kappa shape index (κ2) is 4.90. The first-order valence-electron chi connectivity index (χ1n) is 8.42. The Labute approximate surface area is 139 Å². The lowest BCUT2D eigenvalue weighted by Crippen LogP contribution is -2.29. The van der Waals surface area contributed by atoms with E-state index in [2.05, 4.69) is 9.97 Å². The van der Waals surface area contributed by atoms with Crippen molar-refractivity contribution in [2.45, 2.75) is 19.3 Å². The van der Waals surface area contributed by atoms with Crippen molar-refractivity contribution in [1.29, 1.82) is 0 Å². The minimum absolute atomic E-state index is 0.0856. The number of hydrogen-bond donors (Lipinski definition) is 0. The minimum atomic E-state index is 0.0856. The largest absolute Gasteiger partial charge is 0.338 e. The van der Waals surface area contributed by atoms with E-state index in [1.54, 1.807) is 12.5 Å². The number of amides is 1. The predicted molar refractivity (Wildman–Crippen MR) is 91.1 cm³/mol. The maximum atomic E-state index is 12.7. The van der Waals surface area contributed by atoms with Crippen LogP contribution < -0.4 is 0 Å². The molecule has 5 nitrogen and oxygen atoms in total. The van der Waals surface area contributed by atoms with Gasteiger partial charge in [-0.25, -0.2) is 9.97 Å². The van der Waals surface area contributed by atoms with Crippen molar-refractivity contribution in [2.75, 3.05) is 13.1 Å². The van der Waals surface area contributed by atoms with Crippen LogP contribution in [0.15, 0.2) is 48.9 Å². The molecule has 1 amide bonds. The van der Waals surface area contributed by atoms with Crippen molar-refractivity contribution >= 4 is 17.1 Å². The van der Waals surface area contributed by atoms with Gasteiger partial charge in [-0.3, -0.25) is 9.36 Å². The Hall–Kier alpha value is -2.69. The highest BCUT2D eigenvalue weighted by molar-refractivity contribution is 5.96. The fourth-order valence-corrected chi connectivity index (χ4v) is 3.67. The van der Waals surface area contributed by atoms with E-state index in [-0.39, 0.29) is 5.91 Å². The highest BCUT2D eigenvalue weighted by Gasteiger charge is 2.48. The van der Waals surface area contributed by atoms with E-state index in [4.69, 9.17) is 0 Å². The number of carbonyl (C=O) groups is 1. The molecular formula is C19H18N4O. The van der Waals surface area contributed by atoms with Crippen LogP contribution in [0.4, 0.5) is 0 Å². The van der Waals surface area contributed by atoms with Crippen LogP contribution in [-0.2, 0) is 0 Å². The number of likely N-dealkylation sites (tertiary alicyclic amines) is 1. The second-order valence-electron chi connectivity index (χ2n) is 6.99. The molecule has 3 aromatic rings. The Bertz CT molecular complexity index is 927. The number of benzene rings is 1. The third-order valence-corrected chi connectivity index (χ3v) is 5.35. The Morgan fingerprint density at radius 3 is 2.67 bits per heavy atom. The zero-order chi connectivity index (χ0) is 16.1. The fraction of sp³-hybridized carbons (Fsp3) is 0.316. The number of pyridine rings is 1. The fourth-order valence-electron chi connectivity index (χ4n) is 3.67. The maximum absolute atomic E-state index is 12.7. The van der Waals surface area contributed by atoms with Gasteiger partial charge in [0.05, 0.1) is 5.56 Å². The monoisotopic (exact) mass is 318 g/mol. The third kappa shape index (κ3) is 2.12. The average Bonchev–Trinajstić information content (AvgIpc) is 3.06. The molecule has 2 fully saturated rings. The molecule has 0 unspecified atom stereocenters. The number of hydrogen-bond acceptors (Lipinski definition) is 3. The second-order valence-corrected chi connectivity index (χ2v) is 6.99. The SMILES string of the molecule is O=C(c1cnc2c(c1)ncn2-c1ccccc1)N1CCC2(CC2)C1. The third-order valence-electron chi connectivity index (χ3n) is 5.35. The van der Waals surface area contributed by atoms with Crippen molar-refractivity contribution in [3.8, 4) is 5.69 Å². The summed E-state index contributed by atoms with van der Waals surface area (Å²) in [4.78, 5) is 23.7. The van der Waals surface area contributed by atoms with Gasteiger partial charge < -0.3 is 4.90 Å². The summed E-state index contributed by atoms with van der Waals surface area (Å²) >= 11 is 0. The maximum Gasteiger partial charge on any atom is 0.255 e. The molecule has 0 radical (unpaired) electrons. The molecule has 5 rings (SSSR count). The quantitative estimate of drug-likeness (QED) is 0.730. The lowest BCUT2D eigenvalue weighted by molar-refractivity contribution is 0.0785. The van der Waals surface area contributed by atoms with E-state index < -0.39 is 0 Å². The minimum Gasteiger partial charge on any atom is -0.338 e. The molecule has 0 atom stereocenters. The molecule has 1 saturated carbocycles. The van der Waals surface area contributed by atoms with Gasteiger partial charge in [0, 0.05) is 25.0 Å². The molecule has 0 bridgehead atoms. The Morgan fingerprint density at radius 2 is 1.92 bits per heavy atom. The summed E-state index contributed by atoms with van der Waals surface area (Å²) in [6.45, 7) is 1.78. The van der Waals surface area contributed by atoms with E-state index in [1.807, 2.05) is 45.9 Å². The van der Waals surface area contributed by atoms with Crippen LogP contribution in [0.3, 0.4) is 0 Å². The van der Waals surface area contributed by atoms with Gasteiger partial charge in [0.25, 0.3) is 5.91 Å². The number of fused-ring (bicyclic) bond motifs is 1. The van der Waals surface area contributed by atoms with E-state index in [1.165, 1.54) is 12.8 Å².